The molecule has 7 heteroatoms. The number of rotatable bonds is 5. The Morgan fingerprint density at radius 1 is 1.23 bits per heavy atom. The second-order valence-electron chi connectivity index (χ2n) is 5.84. The third kappa shape index (κ3) is 4.15. The van der Waals surface area contributed by atoms with Crippen LogP contribution in [0.1, 0.15) is 31.4 Å². The molecule has 26 heavy (non-hydrogen) atoms. The number of thiophene rings is 1. The van der Waals surface area contributed by atoms with Crippen LogP contribution in [0.4, 0.5) is 5.00 Å². The van der Waals surface area contributed by atoms with Gasteiger partial charge in [0.15, 0.2) is 5.76 Å². The molecular weight excluding hydrogens is 372 g/mol. The van der Waals surface area contributed by atoms with E-state index in [1.54, 1.807) is 42.3 Å². The van der Waals surface area contributed by atoms with Gasteiger partial charge in [-0.1, -0.05) is 23.7 Å². The Bertz CT molecular complexity index is 917. The van der Waals surface area contributed by atoms with Gasteiger partial charge in [0, 0.05) is 18.6 Å². The summed E-state index contributed by atoms with van der Waals surface area (Å²) in [6.07, 6.45) is 1.44. The van der Waals surface area contributed by atoms with Crippen LogP contribution in [-0.4, -0.2) is 23.8 Å². The van der Waals surface area contributed by atoms with Gasteiger partial charge >= 0.3 is 0 Å². The average Bonchev–Trinajstić information content (AvgIpc) is 3.26. The molecule has 134 valence electrons. The van der Waals surface area contributed by atoms with Crippen molar-refractivity contribution in [3.63, 3.8) is 0 Å². The van der Waals surface area contributed by atoms with Crippen molar-refractivity contribution in [2.75, 3.05) is 12.4 Å². The molecule has 0 aliphatic carbocycles. The highest BCUT2D eigenvalue weighted by Gasteiger charge is 2.19. The number of amides is 2. The van der Waals surface area contributed by atoms with Gasteiger partial charge in [0.2, 0.25) is 0 Å². The van der Waals surface area contributed by atoms with Crippen LogP contribution in [0.5, 0.6) is 0 Å². The Labute approximate surface area is 160 Å². The second-order valence-corrected chi connectivity index (χ2v) is 7.33. The van der Waals surface area contributed by atoms with Gasteiger partial charge in [0.05, 0.1) is 16.1 Å². The Kier molecular flexibility index (Phi) is 5.44. The van der Waals surface area contributed by atoms with E-state index in [1.165, 1.54) is 17.6 Å². The van der Waals surface area contributed by atoms with E-state index in [9.17, 15) is 9.59 Å². The highest BCUT2D eigenvalue weighted by atomic mass is 35.5. The molecule has 2 amide bonds. The van der Waals surface area contributed by atoms with Gasteiger partial charge in [-0.3, -0.25) is 9.59 Å². The zero-order valence-corrected chi connectivity index (χ0v) is 15.9. The molecule has 0 saturated heterocycles. The fourth-order valence-electron chi connectivity index (χ4n) is 2.45. The quantitative estimate of drug-likeness (QED) is 0.681. The smallest absolute Gasteiger partial charge is 0.291 e. The third-order valence-corrected chi connectivity index (χ3v) is 5.17. The lowest BCUT2D eigenvalue weighted by atomic mass is 10.2. The number of carbonyl (C=O) groups is 2. The first-order valence-corrected chi connectivity index (χ1v) is 9.08. The van der Waals surface area contributed by atoms with Crippen molar-refractivity contribution >= 4 is 39.8 Å². The van der Waals surface area contributed by atoms with E-state index in [1.807, 2.05) is 19.1 Å². The van der Waals surface area contributed by atoms with Crippen molar-refractivity contribution in [3.05, 3.63) is 75.5 Å². The molecule has 0 atom stereocenters. The Hall–Kier alpha value is -2.57. The van der Waals surface area contributed by atoms with Gasteiger partial charge < -0.3 is 14.6 Å². The van der Waals surface area contributed by atoms with Gasteiger partial charge in [-0.15, -0.1) is 11.3 Å². The zero-order chi connectivity index (χ0) is 18.7. The number of aryl methyl sites for hydroxylation is 1. The minimum Gasteiger partial charge on any atom is -0.459 e. The maximum atomic E-state index is 12.7. The fourth-order valence-corrected chi connectivity index (χ4v) is 3.63. The molecule has 0 radical (unpaired) electrons. The predicted molar refractivity (Wildman–Crippen MR) is 103 cm³/mol. The number of hydrogen-bond donors (Lipinski definition) is 1. The summed E-state index contributed by atoms with van der Waals surface area (Å²) in [7, 11) is 1.75. The maximum absolute atomic E-state index is 12.7. The summed E-state index contributed by atoms with van der Waals surface area (Å²) in [5.41, 5.74) is 1.81. The van der Waals surface area contributed by atoms with E-state index in [2.05, 4.69) is 5.32 Å². The van der Waals surface area contributed by atoms with Crippen molar-refractivity contribution in [1.82, 2.24) is 4.90 Å². The third-order valence-electron chi connectivity index (χ3n) is 3.77. The number of nitrogens with zero attached hydrogens (tertiary/aromatic N) is 1. The Morgan fingerprint density at radius 2 is 1.96 bits per heavy atom. The summed E-state index contributed by atoms with van der Waals surface area (Å²) < 4.78 is 5.07. The van der Waals surface area contributed by atoms with Crippen LogP contribution >= 0.6 is 22.9 Å². The average molecular weight is 389 g/mol. The van der Waals surface area contributed by atoms with Crippen molar-refractivity contribution in [2.45, 2.75) is 13.5 Å². The molecule has 1 N–H and O–H groups in total. The van der Waals surface area contributed by atoms with Crippen LogP contribution < -0.4 is 5.32 Å². The first kappa shape index (κ1) is 18.2. The number of hydrogen-bond acceptors (Lipinski definition) is 4. The van der Waals surface area contributed by atoms with E-state index in [0.29, 0.717) is 21.4 Å². The fraction of sp³-hybridized carbons (Fsp3) is 0.158. The SMILES string of the molecule is Cc1cc(NC(=O)c2ccco2)sc1C(=O)N(C)Cc1ccc(Cl)cc1. The first-order chi connectivity index (χ1) is 12.4. The van der Waals surface area contributed by atoms with Crippen molar-refractivity contribution < 1.29 is 14.0 Å². The number of furan rings is 1. The summed E-state index contributed by atoms with van der Waals surface area (Å²) in [5.74, 6) is -0.213. The summed E-state index contributed by atoms with van der Waals surface area (Å²) in [6, 6.07) is 12.4. The van der Waals surface area contributed by atoms with E-state index in [0.717, 1.165) is 11.1 Å². The van der Waals surface area contributed by atoms with E-state index in [4.69, 9.17) is 16.0 Å². The lowest BCUT2D eigenvalue weighted by Crippen LogP contribution is -2.25. The van der Waals surface area contributed by atoms with Crippen LogP contribution in [0.25, 0.3) is 0 Å². The molecule has 2 aromatic heterocycles. The molecule has 0 saturated carbocycles. The lowest BCUT2D eigenvalue weighted by Gasteiger charge is -2.17. The molecule has 0 unspecified atom stereocenters. The standard InChI is InChI=1S/C19H17ClN2O3S/c1-12-10-16(21-18(23)15-4-3-9-25-15)26-17(12)19(24)22(2)11-13-5-7-14(20)8-6-13/h3-10H,11H2,1-2H3,(H,21,23). The van der Waals surface area contributed by atoms with Crippen molar-refractivity contribution in [3.8, 4) is 0 Å². The van der Waals surface area contributed by atoms with Crippen LogP contribution in [0, 0.1) is 6.92 Å². The number of anilines is 1. The zero-order valence-electron chi connectivity index (χ0n) is 14.3. The normalized spacial score (nSPS) is 10.6. The molecular formula is C19H17ClN2O3S. The molecule has 1 aromatic carbocycles. The molecule has 5 nitrogen and oxygen atoms in total. The highest BCUT2D eigenvalue weighted by molar-refractivity contribution is 7.18. The van der Waals surface area contributed by atoms with Gasteiger partial charge in [-0.2, -0.15) is 0 Å². The number of benzene rings is 1. The van der Waals surface area contributed by atoms with Crippen LogP contribution in [0.2, 0.25) is 5.02 Å². The van der Waals surface area contributed by atoms with E-state index < -0.39 is 0 Å². The van der Waals surface area contributed by atoms with Crippen molar-refractivity contribution in [2.24, 2.45) is 0 Å². The molecule has 0 aliphatic heterocycles. The largest absolute Gasteiger partial charge is 0.459 e. The summed E-state index contributed by atoms with van der Waals surface area (Å²) in [4.78, 5) is 27.0. The van der Waals surface area contributed by atoms with Gasteiger partial charge in [0.25, 0.3) is 11.8 Å². The summed E-state index contributed by atoms with van der Waals surface area (Å²) in [5, 5.41) is 4.02. The molecule has 0 spiro atoms. The van der Waals surface area contributed by atoms with Crippen LogP contribution in [0.15, 0.2) is 53.1 Å². The molecule has 2 heterocycles. The molecule has 0 fully saturated rings. The van der Waals surface area contributed by atoms with E-state index in [-0.39, 0.29) is 17.6 Å². The number of nitrogens with one attached hydrogen (secondary N) is 1. The van der Waals surface area contributed by atoms with Gasteiger partial charge in [-0.05, 0) is 48.4 Å². The summed E-state index contributed by atoms with van der Waals surface area (Å²) in [6.45, 7) is 2.32. The van der Waals surface area contributed by atoms with Gasteiger partial charge in [-0.25, -0.2) is 0 Å². The van der Waals surface area contributed by atoms with Crippen molar-refractivity contribution in [1.29, 1.82) is 0 Å². The summed E-state index contributed by atoms with van der Waals surface area (Å²) >= 11 is 7.14. The maximum Gasteiger partial charge on any atom is 0.291 e. The first-order valence-electron chi connectivity index (χ1n) is 7.89. The molecule has 3 rings (SSSR count). The topological polar surface area (TPSA) is 62.6 Å². The lowest BCUT2D eigenvalue weighted by molar-refractivity contribution is 0.0789. The minimum absolute atomic E-state index is 0.0963. The van der Waals surface area contributed by atoms with Crippen LogP contribution in [0.3, 0.4) is 0 Å². The minimum atomic E-state index is -0.343. The second kappa shape index (κ2) is 7.76. The number of halogens is 1. The monoisotopic (exact) mass is 388 g/mol. The Morgan fingerprint density at radius 3 is 2.62 bits per heavy atom. The van der Waals surface area contributed by atoms with Gasteiger partial charge in [0.1, 0.15) is 0 Å². The predicted octanol–water partition coefficient (Wildman–Crippen LogP) is 4.83. The molecule has 0 bridgehead atoms. The molecule has 3 aromatic rings. The van der Waals surface area contributed by atoms with E-state index >= 15 is 0 Å². The number of carbonyl (C=O) groups excluding carboxylic acids is 2. The Balaban J connectivity index is 1.70. The van der Waals surface area contributed by atoms with Crippen LogP contribution in [-0.2, 0) is 6.54 Å². The molecule has 0 aliphatic rings. The highest BCUT2D eigenvalue weighted by Crippen LogP contribution is 2.28.